The zero-order valence-corrected chi connectivity index (χ0v) is 4.39. The Morgan fingerprint density at radius 1 is 1.75 bits per heavy atom. The number of carbonyl (C=O) groups is 1. The summed E-state index contributed by atoms with van der Waals surface area (Å²) in [7, 11) is 0. The quantitative estimate of drug-likeness (QED) is 0.272. The van der Waals surface area contributed by atoms with E-state index in [4.69, 9.17) is 9.90 Å². The van der Waals surface area contributed by atoms with Crippen LogP contribution in [0.25, 0.3) is 0 Å². The van der Waals surface area contributed by atoms with Crippen molar-refractivity contribution in [2.45, 2.75) is 0 Å². The molecule has 0 rings (SSSR count). The molecule has 0 fully saturated rings. The van der Waals surface area contributed by atoms with Crippen LogP contribution in [0.1, 0.15) is 0 Å². The Hall–Kier alpha value is 0.200. The first-order valence-electron chi connectivity index (χ1n) is 0.471. The molecule has 0 saturated carbocycles. The molecule has 0 aliphatic rings. The Labute approximate surface area is 40.8 Å². The Kier molecular flexibility index (Phi) is 23.9. The van der Waals surface area contributed by atoms with Crippen molar-refractivity contribution in [3.8, 4) is 0 Å². The average Bonchev–Trinajstić information content (AvgIpc) is 0.918. The molecule has 0 heterocycles. The van der Waals surface area contributed by atoms with E-state index in [0.717, 1.165) is 0 Å². The van der Waals surface area contributed by atoms with E-state index in [-0.39, 0.29) is 24.0 Å². The summed E-state index contributed by atoms with van der Waals surface area (Å²) in [5.74, 6) is 0. The molecule has 0 unspecified atom stereocenters. The third-order valence-corrected chi connectivity index (χ3v) is 0. The van der Waals surface area contributed by atoms with Gasteiger partial charge in [-0.2, -0.15) is 0 Å². The maximum atomic E-state index is 8.25. The standard InChI is InChI=1S/CH2O2.H2I/c2-1-3;/h1H,(H,2,3);1H2/q;+1/p-1. The van der Waals surface area contributed by atoms with Crippen LogP contribution >= 0.6 is 0 Å². The maximum absolute atomic E-state index is 8.25. The monoisotopic (exact) mass is 174 g/mol. The fourth-order valence-corrected chi connectivity index (χ4v) is 0. The summed E-state index contributed by atoms with van der Waals surface area (Å²) in [6.45, 7) is -0.500. The normalized spacial score (nSPS) is 3.00. The molecule has 0 N–H and O–H groups in total. The molecular weight excluding hydrogens is 171 g/mol. The first-order chi connectivity index (χ1) is 1.41. The van der Waals surface area contributed by atoms with Crippen molar-refractivity contribution in [3.05, 3.63) is 0 Å². The summed E-state index contributed by atoms with van der Waals surface area (Å²) in [4.78, 5) is 8.25. The second-order valence-corrected chi connectivity index (χ2v) is 0.0962. The Morgan fingerprint density at radius 2 is 1.75 bits per heavy atom. The molecule has 0 spiro atoms. The highest BCUT2D eigenvalue weighted by molar-refractivity contribution is 5.29. The number of carboxylic acid groups (broad SMARTS) is 1. The van der Waals surface area contributed by atoms with E-state index in [9.17, 15) is 0 Å². The minimum atomic E-state index is -0.500. The van der Waals surface area contributed by atoms with Gasteiger partial charge in [0.1, 0.15) is 0 Å². The molecule has 3 heteroatoms. The van der Waals surface area contributed by atoms with Crippen molar-refractivity contribution in [1.29, 1.82) is 0 Å². The molecule has 0 aromatic rings. The van der Waals surface area contributed by atoms with Crippen molar-refractivity contribution in [2.24, 2.45) is 0 Å². The van der Waals surface area contributed by atoms with Crippen LogP contribution in [-0.4, -0.2) is 6.47 Å². The van der Waals surface area contributed by atoms with E-state index in [1.165, 1.54) is 0 Å². The molecule has 0 bridgehead atoms. The number of carbonyl (C=O) groups excluding carboxylic acids is 1. The van der Waals surface area contributed by atoms with Crippen LogP contribution in [0, 0.1) is 0 Å². The molecule has 0 aliphatic heterocycles. The van der Waals surface area contributed by atoms with Gasteiger partial charge in [0.25, 0.3) is 0 Å². The summed E-state index contributed by atoms with van der Waals surface area (Å²) < 4.78 is 0. The summed E-state index contributed by atoms with van der Waals surface area (Å²) in [5, 5.41) is 8.25. The molecule has 2 nitrogen and oxygen atoms in total. The van der Waals surface area contributed by atoms with Gasteiger partial charge in [0.2, 0.25) is 24.0 Å². The van der Waals surface area contributed by atoms with E-state index in [1.54, 1.807) is 0 Å². The highest BCUT2D eigenvalue weighted by Gasteiger charge is 0.996. The largest absolute Gasteiger partial charge is 0.554 e. The van der Waals surface area contributed by atoms with Crippen LogP contribution in [0.3, 0.4) is 0 Å². The van der Waals surface area contributed by atoms with Gasteiger partial charge in [-0.3, -0.25) is 0 Å². The smallest absolute Gasteiger partial charge is 0.235 e. The van der Waals surface area contributed by atoms with Crippen LogP contribution in [0.2, 0.25) is 0 Å². The summed E-state index contributed by atoms with van der Waals surface area (Å²) in [6, 6.07) is 0. The van der Waals surface area contributed by atoms with E-state index >= 15 is 0 Å². The Bertz CT molecular complexity index is 13.5. The zero-order valence-electron chi connectivity index (χ0n) is 1.84. The molecule has 0 atom stereocenters. The summed E-state index contributed by atoms with van der Waals surface area (Å²) >= 11 is 0. The van der Waals surface area contributed by atoms with Crippen LogP contribution in [-0.2, 0) is 4.79 Å². The van der Waals surface area contributed by atoms with Gasteiger partial charge in [-0.1, -0.05) is 0 Å². The lowest BCUT2D eigenvalue weighted by Gasteiger charge is -1.52. The SMILES string of the molecule is O=C[O-].[IH2+]. The summed E-state index contributed by atoms with van der Waals surface area (Å²) in [5.41, 5.74) is 0. The van der Waals surface area contributed by atoms with Crippen LogP contribution in [0.5, 0.6) is 0 Å². The Balaban J connectivity index is 0. The molecule has 0 aromatic heterocycles. The number of halogens is 1. The molecule has 0 saturated heterocycles. The second kappa shape index (κ2) is 10.8. The predicted octanol–water partition coefficient (Wildman–Crippen LogP) is -5.17. The maximum Gasteiger partial charge on any atom is 0.235 e. The summed E-state index contributed by atoms with van der Waals surface area (Å²) in [6.07, 6.45) is 0. The minimum Gasteiger partial charge on any atom is -0.554 e. The van der Waals surface area contributed by atoms with Crippen molar-refractivity contribution in [1.82, 2.24) is 0 Å². The van der Waals surface area contributed by atoms with Gasteiger partial charge in [0, 0.05) is 6.47 Å². The first-order valence-corrected chi connectivity index (χ1v) is 0.471. The fraction of sp³-hybridized carbons (Fsp3) is 0. The molecule has 26 valence electrons. The number of hydrogen-bond donors (Lipinski definition) is 0. The zero-order chi connectivity index (χ0) is 2.71. The number of rotatable bonds is 0. The number of hydrogen-bond acceptors (Lipinski definition) is 2. The third kappa shape index (κ3) is 79.2. The highest BCUT2D eigenvalue weighted by Crippen LogP contribution is 0.754. The molecule has 4 heavy (non-hydrogen) atoms. The molecule has 0 amide bonds. The van der Waals surface area contributed by atoms with Gasteiger partial charge >= 0.3 is 0 Å². The van der Waals surface area contributed by atoms with E-state index in [2.05, 4.69) is 0 Å². The lowest BCUT2D eigenvalue weighted by atomic mass is 11.7. The van der Waals surface area contributed by atoms with Crippen molar-refractivity contribution < 1.29 is 33.9 Å². The lowest BCUT2D eigenvalue weighted by Crippen LogP contribution is -3.00. The average molecular weight is 174 g/mol. The third-order valence-electron chi connectivity index (χ3n) is 0. The van der Waals surface area contributed by atoms with Gasteiger partial charge < -0.3 is 9.90 Å². The van der Waals surface area contributed by atoms with Crippen molar-refractivity contribution >= 4 is 6.47 Å². The van der Waals surface area contributed by atoms with Gasteiger partial charge in [0.15, 0.2) is 0 Å². The highest BCUT2D eigenvalue weighted by atomic mass is 127. The van der Waals surface area contributed by atoms with Crippen LogP contribution in [0.15, 0.2) is 0 Å². The van der Waals surface area contributed by atoms with E-state index in [0.29, 0.717) is 0 Å². The minimum absolute atomic E-state index is 0. The molecule has 0 radical (unpaired) electrons. The molecule has 0 aliphatic carbocycles. The van der Waals surface area contributed by atoms with E-state index < -0.39 is 6.47 Å². The Morgan fingerprint density at radius 3 is 1.75 bits per heavy atom. The van der Waals surface area contributed by atoms with Gasteiger partial charge in [-0.25, -0.2) is 0 Å². The van der Waals surface area contributed by atoms with Crippen LogP contribution in [0.4, 0.5) is 0 Å². The predicted molar refractivity (Wildman–Crippen MR) is 8.85 cm³/mol. The molecular formula is CH3IO2. The molecule has 0 aromatic carbocycles. The van der Waals surface area contributed by atoms with Crippen LogP contribution < -0.4 is 29.1 Å². The van der Waals surface area contributed by atoms with Crippen molar-refractivity contribution in [3.63, 3.8) is 0 Å². The van der Waals surface area contributed by atoms with Crippen molar-refractivity contribution in [2.75, 3.05) is 0 Å². The van der Waals surface area contributed by atoms with Gasteiger partial charge in [-0.05, 0) is 0 Å². The second-order valence-electron chi connectivity index (χ2n) is 0.0962. The fourth-order valence-electron chi connectivity index (χ4n) is 0. The van der Waals surface area contributed by atoms with Gasteiger partial charge in [-0.15, -0.1) is 0 Å². The first kappa shape index (κ1) is 8.89. The topological polar surface area (TPSA) is 40.1 Å². The lowest BCUT2D eigenvalue weighted by molar-refractivity contribution is -0.283. The van der Waals surface area contributed by atoms with Gasteiger partial charge in [0.05, 0.1) is 0 Å². The van der Waals surface area contributed by atoms with E-state index in [1.807, 2.05) is 0 Å².